The molecule has 0 unspecified atom stereocenters. The summed E-state index contributed by atoms with van der Waals surface area (Å²) in [4.78, 5) is 11.4. The maximum atomic E-state index is 11.4. The molecule has 1 heteroatoms. The van der Waals surface area contributed by atoms with Gasteiger partial charge < -0.3 is 0 Å². The van der Waals surface area contributed by atoms with Crippen LogP contribution < -0.4 is 0 Å². The van der Waals surface area contributed by atoms with Crippen molar-refractivity contribution in [2.75, 3.05) is 0 Å². The van der Waals surface area contributed by atoms with Gasteiger partial charge in [-0.25, -0.2) is 0 Å². The van der Waals surface area contributed by atoms with Crippen LogP contribution in [0.4, 0.5) is 0 Å². The van der Waals surface area contributed by atoms with Gasteiger partial charge in [-0.2, -0.15) is 0 Å². The third-order valence-corrected chi connectivity index (χ3v) is 2.40. The van der Waals surface area contributed by atoms with Crippen molar-refractivity contribution in [3.63, 3.8) is 0 Å². The number of hydrogen-bond donors (Lipinski definition) is 0. The van der Waals surface area contributed by atoms with Gasteiger partial charge >= 0.3 is 0 Å². The maximum absolute atomic E-state index is 11.4. The Hall–Kier alpha value is -0.590. The Morgan fingerprint density at radius 2 is 1.82 bits per heavy atom. The zero-order valence-corrected chi connectivity index (χ0v) is 8.14. The normalized spacial score (nSPS) is 12.9. The third kappa shape index (κ3) is 2.49. The molecule has 11 heavy (non-hydrogen) atoms. The van der Waals surface area contributed by atoms with Crippen LogP contribution in [0.25, 0.3) is 0 Å². The van der Waals surface area contributed by atoms with Gasteiger partial charge in [0.05, 0.1) is 0 Å². The number of carbonyl (C=O) groups excluding carboxylic acids is 1. The van der Waals surface area contributed by atoms with Crippen molar-refractivity contribution in [2.24, 2.45) is 11.3 Å². The van der Waals surface area contributed by atoms with Crippen LogP contribution in [0.15, 0.2) is 12.2 Å². The van der Waals surface area contributed by atoms with Gasteiger partial charge in [0.1, 0.15) is 0 Å². The Bertz CT molecular complexity index is 164. The van der Waals surface area contributed by atoms with Gasteiger partial charge in [0.15, 0.2) is 5.78 Å². The largest absolute Gasteiger partial charge is 0.294 e. The van der Waals surface area contributed by atoms with Gasteiger partial charge in [0.25, 0.3) is 0 Å². The second-order valence-corrected chi connectivity index (χ2v) is 3.74. The van der Waals surface area contributed by atoms with Gasteiger partial charge in [-0.3, -0.25) is 4.79 Å². The first-order valence-corrected chi connectivity index (χ1v) is 4.10. The Balaban J connectivity index is 4.42. The fourth-order valence-electron chi connectivity index (χ4n) is 0.651. The summed E-state index contributed by atoms with van der Waals surface area (Å²) in [5.74, 6) is 0.612. The predicted octanol–water partition coefficient (Wildman–Crippen LogP) is 2.81. The number of allylic oxidation sites excluding steroid dienone is 2. The first-order chi connectivity index (χ1) is 4.92. The van der Waals surface area contributed by atoms with Crippen LogP contribution >= 0.6 is 0 Å². The lowest BCUT2D eigenvalue weighted by Crippen LogP contribution is -2.28. The minimum Gasteiger partial charge on any atom is -0.294 e. The molecular formula is C10H18O. The lowest BCUT2D eigenvalue weighted by molar-refractivity contribution is -0.124. The highest BCUT2D eigenvalue weighted by molar-refractivity contribution is 5.94. The summed E-state index contributed by atoms with van der Waals surface area (Å²) in [6.45, 7) is 9.98. The molecule has 0 aromatic carbocycles. The first kappa shape index (κ1) is 10.4. The molecule has 0 saturated carbocycles. The molecule has 0 fully saturated rings. The van der Waals surface area contributed by atoms with E-state index in [0.717, 1.165) is 0 Å². The van der Waals surface area contributed by atoms with Crippen LogP contribution in [0.5, 0.6) is 0 Å². The summed E-state index contributed by atoms with van der Waals surface area (Å²) < 4.78 is 0. The molecule has 0 spiro atoms. The maximum Gasteiger partial charge on any atom is 0.161 e. The molecule has 1 nitrogen and oxygen atoms in total. The third-order valence-electron chi connectivity index (χ3n) is 2.40. The van der Waals surface area contributed by atoms with Gasteiger partial charge in [0.2, 0.25) is 0 Å². The Morgan fingerprint density at radius 3 is 2.09 bits per heavy atom. The molecule has 0 aromatic heterocycles. The van der Waals surface area contributed by atoms with E-state index in [1.54, 1.807) is 12.2 Å². The van der Waals surface area contributed by atoms with E-state index < -0.39 is 0 Å². The van der Waals surface area contributed by atoms with Crippen LogP contribution in [-0.2, 0) is 4.79 Å². The summed E-state index contributed by atoms with van der Waals surface area (Å²) in [7, 11) is 0. The first-order valence-electron chi connectivity index (χ1n) is 4.10. The van der Waals surface area contributed by atoms with Crippen LogP contribution in [0.1, 0.15) is 34.6 Å². The van der Waals surface area contributed by atoms with E-state index >= 15 is 0 Å². The Morgan fingerprint density at radius 1 is 1.36 bits per heavy atom. The van der Waals surface area contributed by atoms with E-state index in [2.05, 4.69) is 13.8 Å². The number of hydrogen-bond acceptors (Lipinski definition) is 1. The summed E-state index contributed by atoms with van der Waals surface area (Å²) >= 11 is 0. The van der Waals surface area contributed by atoms with E-state index in [1.807, 2.05) is 20.8 Å². The summed E-state index contributed by atoms with van der Waals surface area (Å²) in [6.07, 6.45) is 3.45. The molecule has 0 atom stereocenters. The molecule has 0 aliphatic carbocycles. The molecule has 0 saturated heterocycles. The van der Waals surface area contributed by atoms with Crippen molar-refractivity contribution in [3.8, 4) is 0 Å². The van der Waals surface area contributed by atoms with E-state index in [1.165, 1.54) is 0 Å². The lowest BCUT2D eigenvalue weighted by Gasteiger charge is -2.25. The molecular weight excluding hydrogens is 136 g/mol. The second kappa shape index (κ2) is 3.70. The van der Waals surface area contributed by atoms with Gasteiger partial charge in [-0.05, 0) is 18.9 Å². The van der Waals surface area contributed by atoms with Crippen molar-refractivity contribution in [1.82, 2.24) is 0 Å². The van der Waals surface area contributed by atoms with Crippen molar-refractivity contribution in [1.29, 1.82) is 0 Å². The molecule has 0 amide bonds. The summed E-state index contributed by atoms with van der Waals surface area (Å²) in [6, 6.07) is 0. The average Bonchev–Trinajstić information content (AvgIpc) is 1.88. The number of rotatable bonds is 3. The molecule has 0 bridgehead atoms. The summed E-state index contributed by atoms with van der Waals surface area (Å²) in [5, 5.41) is 0. The van der Waals surface area contributed by atoms with Crippen molar-refractivity contribution < 1.29 is 4.79 Å². The molecule has 0 aromatic rings. The molecule has 0 N–H and O–H groups in total. The minimum atomic E-state index is -0.216. The van der Waals surface area contributed by atoms with E-state index in [9.17, 15) is 4.79 Å². The molecule has 0 aliphatic rings. The highest BCUT2D eigenvalue weighted by atomic mass is 16.1. The zero-order chi connectivity index (χ0) is 9.07. The molecule has 0 heterocycles. The average molecular weight is 154 g/mol. The standard InChI is InChI=1S/C10H18O/c1-6-7-9(11)10(4,5)8(2)3/h6-8H,1-5H3/b7-6+. The van der Waals surface area contributed by atoms with Gasteiger partial charge in [0, 0.05) is 5.41 Å². The van der Waals surface area contributed by atoms with Crippen molar-refractivity contribution in [3.05, 3.63) is 12.2 Å². The fraction of sp³-hybridized carbons (Fsp3) is 0.700. The monoisotopic (exact) mass is 154 g/mol. The lowest BCUT2D eigenvalue weighted by atomic mass is 9.77. The molecule has 64 valence electrons. The smallest absolute Gasteiger partial charge is 0.161 e. The van der Waals surface area contributed by atoms with Gasteiger partial charge in [-0.15, -0.1) is 0 Å². The van der Waals surface area contributed by atoms with E-state index in [4.69, 9.17) is 0 Å². The Labute approximate surface area is 69.5 Å². The predicted molar refractivity (Wildman–Crippen MR) is 48.4 cm³/mol. The molecule has 0 rings (SSSR count). The second-order valence-electron chi connectivity index (χ2n) is 3.74. The highest BCUT2D eigenvalue weighted by Gasteiger charge is 2.28. The van der Waals surface area contributed by atoms with Crippen molar-refractivity contribution >= 4 is 5.78 Å². The SMILES string of the molecule is C/C=C/C(=O)C(C)(C)C(C)C. The number of ketones is 1. The van der Waals surface area contributed by atoms with Gasteiger partial charge in [-0.1, -0.05) is 33.8 Å². The van der Waals surface area contributed by atoms with Crippen molar-refractivity contribution in [2.45, 2.75) is 34.6 Å². The highest BCUT2D eigenvalue weighted by Crippen LogP contribution is 2.27. The van der Waals surface area contributed by atoms with Crippen LogP contribution in [0.3, 0.4) is 0 Å². The van der Waals surface area contributed by atoms with Crippen LogP contribution in [0.2, 0.25) is 0 Å². The molecule has 0 radical (unpaired) electrons. The minimum absolute atomic E-state index is 0.216. The summed E-state index contributed by atoms with van der Waals surface area (Å²) in [5.41, 5.74) is -0.216. The Kier molecular flexibility index (Phi) is 3.50. The zero-order valence-electron chi connectivity index (χ0n) is 8.14. The quantitative estimate of drug-likeness (QED) is 0.571. The number of carbonyl (C=O) groups is 1. The fourth-order valence-corrected chi connectivity index (χ4v) is 0.651. The topological polar surface area (TPSA) is 17.1 Å². The van der Waals surface area contributed by atoms with Crippen LogP contribution in [0, 0.1) is 11.3 Å². The van der Waals surface area contributed by atoms with E-state index in [-0.39, 0.29) is 11.2 Å². The molecule has 0 aliphatic heterocycles. The van der Waals surface area contributed by atoms with Crippen LogP contribution in [-0.4, -0.2) is 5.78 Å². The van der Waals surface area contributed by atoms with E-state index in [0.29, 0.717) is 5.92 Å².